The minimum absolute atomic E-state index is 0.158. The summed E-state index contributed by atoms with van der Waals surface area (Å²) in [4.78, 5) is 11.5. The van der Waals surface area contributed by atoms with Gasteiger partial charge in [-0.15, -0.1) is 0 Å². The maximum Gasteiger partial charge on any atom is 0.234 e. The van der Waals surface area contributed by atoms with Gasteiger partial charge in [0.1, 0.15) is 0 Å². The predicted octanol–water partition coefficient (Wildman–Crippen LogP) is 1.68. The standard InChI is InChI=1S/C12H24N2O/c1-10(2)7-8-13-9-12(15)14-11-5-3-4-6-11/h10-11,13H,3-9H2,1-2H3,(H,14,15). The van der Waals surface area contributed by atoms with E-state index in [9.17, 15) is 4.79 Å². The number of hydrogen-bond acceptors (Lipinski definition) is 2. The molecule has 0 heterocycles. The van der Waals surface area contributed by atoms with Crippen LogP contribution in [-0.4, -0.2) is 25.0 Å². The average Bonchev–Trinajstić information content (AvgIpc) is 2.64. The highest BCUT2D eigenvalue weighted by molar-refractivity contribution is 5.78. The molecule has 0 unspecified atom stereocenters. The van der Waals surface area contributed by atoms with Gasteiger partial charge >= 0.3 is 0 Å². The molecule has 3 nitrogen and oxygen atoms in total. The summed E-state index contributed by atoms with van der Waals surface area (Å²) in [6, 6.07) is 0.449. The molecule has 0 atom stereocenters. The second-order valence-electron chi connectivity index (χ2n) is 4.91. The van der Waals surface area contributed by atoms with Crippen molar-refractivity contribution in [3.05, 3.63) is 0 Å². The fraction of sp³-hybridized carbons (Fsp3) is 0.917. The van der Waals surface area contributed by atoms with Crippen LogP contribution in [0, 0.1) is 5.92 Å². The van der Waals surface area contributed by atoms with E-state index in [1.807, 2.05) is 0 Å². The van der Waals surface area contributed by atoms with Crippen molar-refractivity contribution < 1.29 is 4.79 Å². The summed E-state index contributed by atoms with van der Waals surface area (Å²) >= 11 is 0. The van der Waals surface area contributed by atoms with Gasteiger partial charge in [0.2, 0.25) is 5.91 Å². The van der Waals surface area contributed by atoms with Crippen molar-refractivity contribution in [2.24, 2.45) is 5.92 Å². The normalized spacial score (nSPS) is 17.3. The average molecular weight is 212 g/mol. The molecule has 0 aliphatic heterocycles. The number of nitrogens with one attached hydrogen (secondary N) is 2. The summed E-state index contributed by atoms with van der Waals surface area (Å²) < 4.78 is 0. The molecule has 0 saturated heterocycles. The Hall–Kier alpha value is -0.570. The van der Waals surface area contributed by atoms with Gasteiger partial charge in [-0.3, -0.25) is 4.79 Å². The third-order valence-electron chi connectivity index (χ3n) is 2.90. The minimum atomic E-state index is 0.158. The zero-order valence-electron chi connectivity index (χ0n) is 10.0. The highest BCUT2D eigenvalue weighted by Gasteiger charge is 2.16. The molecule has 1 fully saturated rings. The van der Waals surface area contributed by atoms with E-state index in [0.29, 0.717) is 18.5 Å². The SMILES string of the molecule is CC(C)CCNCC(=O)NC1CCCC1. The van der Waals surface area contributed by atoms with Crippen LogP contribution in [0.25, 0.3) is 0 Å². The Labute approximate surface area is 93.0 Å². The van der Waals surface area contributed by atoms with Crippen LogP contribution in [0.15, 0.2) is 0 Å². The molecule has 0 aromatic rings. The zero-order valence-corrected chi connectivity index (χ0v) is 10.0. The smallest absolute Gasteiger partial charge is 0.234 e. The van der Waals surface area contributed by atoms with Crippen LogP contribution in [0.3, 0.4) is 0 Å². The van der Waals surface area contributed by atoms with Crippen molar-refractivity contribution in [3.63, 3.8) is 0 Å². The largest absolute Gasteiger partial charge is 0.352 e. The highest BCUT2D eigenvalue weighted by Crippen LogP contribution is 2.17. The topological polar surface area (TPSA) is 41.1 Å². The number of hydrogen-bond donors (Lipinski definition) is 2. The maximum absolute atomic E-state index is 11.5. The van der Waals surface area contributed by atoms with E-state index in [-0.39, 0.29) is 5.91 Å². The Bertz CT molecular complexity index is 186. The molecule has 1 saturated carbocycles. The van der Waals surface area contributed by atoms with Gasteiger partial charge in [-0.2, -0.15) is 0 Å². The van der Waals surface area contributed by atoms with Gasteiger partial charge in [-0.05, 0) is 31.7 Å². The van der Waals surface area contributed by atoms with E-state index < -0.39 is 0 Å². The Morgan fingerprint density at radius 2 is 2.00 bits per heavy atom. The molecular formula is C12H24N2O. The van der Waals surface area contributed by atoms with Crippen molar-refractivity contribution in [2.75, 3.05) is 13.1 Å². The van der Waals surface area contributed by atoms with Crippen LogP contribution in [0.1, 0.15) is 46.0 Å². The van der Waals surface area contributed by atoms with Crippen molar-refractivity contribution in [2.45, 2.75) is 52.0 Å². The van der Waals surface area contributed by atoms with Gasteiger partial charge in [-0.25, -0.2) is 0 Å². The van der Waals surface area contributed by atoms with Crippen molar-refractivity contribution >= 4 is 5.91 Å². The number of rotatable bonds is 6. The van der Waals surface area contributed by atoms with Gasteiger partial charge in [0, 0.05) is 6.04 Å². The van der Waals surface area contributed by atoms with E-state index >= 15 is 0 Å². The molecule has 0 radical (unpaired) electrons. The molecule has 3 heteroatoms. The minimum Gasteiger partial charge on any atom is -0.352 e. The van der Waals surface area contributed by atoms with Crippen LogP contribution in [0.4, 0.5) is 0 Å². The third kappa shape index (κ3) is 5.78. The van der Waals surface area contributed by atoms with Crippen molar-refractivity contribution in [1.29, 1.82) is 0 Å². The summed E-state index contributed by atoms with van der Waals surface area (Å²) in [5, 5.41) is 6.24. The van der Waals surface area contributed by atoms with E-state index in [4.69, 9.17) is 0 Å². The molecule has 0 aromatic heterocycles. The summed E-state index contributed by atoms with van der Waals surface area (Å²) in [5.74, 6) is 0.862. The first-order valence-corrected chi connectivity index (χ1v) is 6.18. The number of amides is 1. The van der Waals surface area contributed by atoms with Gasteiger partial charge in [0.05, 0.1) is 6.54 Å². The second kappa shape index (κ2) is 6.83. The van der Waals surface area contributed by atoms with E-state index in [2.05, 4.69) is 24.5 Å². The van der Waals surface area contributed by atoms with Crippen LogP contribution in [0.5, 0.6) is 0 Å². The first-order chi connectivity index (χ1) is 7.18. The van der Waals surface area contributed by atoms with Crippen LogP contribution in [-0.2, 0) is 4.79 Å². The van der Waals surface area contributed by atoms with Crippen molar-refractivity contribution in [1.82, 2.24) is 10.6 Å². The van der Waals surface area contributed by atoms with Crippen LogP contribution in [0.2, 0.25) is 0 Å². The van der Waals surface area contributed by atoms with Gasteiger partial charge in [-0.1, -0.05) is 26.7 Å². The van der Waals surface area contributed by atoms with Crippen molar-refractivity contribution in [3.8, 4) is 0 Å². The summed E-state index contributed by atoms with van der Waals surface area (Å²) in [7, 11) is 0. The maximum atomic E-state index is 11.5. The lowest BCUT2D eigenvalue weighted by Crippen LogP contribution is -2.39. The van der Waals surface area contributed by atoms with Crippen LogP contribution < -0.4 is 10.6 Å². The Morgan fingerprint density at radius 1 is 1.33 bits per heavy atom. The predicted molar refractivity (Wildman–Crippen MR) is 62.7 cm³/mol. The second-order valence-corrected chi connectivity index (χ2v) is 4.91. The monoisotopic (exact) mass is 212 g/mol. The lowest BCUT2D eigenvalue weighted by Gasteiger charge is -2.12. The molecule has 1 aliphatic rings. The Balaban J connectivity index is 1.98. The van der Waals surface area contributed by atoms with Gasteiger partial charge < -0.3 is 10.6 Å². The van der Waals surface area contributed by atoms with E-state index in [1.165, 1.54) is 12.8 Å². The van der Waals surface area contributed by atoms with E-state index in [0.717, 1.165) is 25.8 Å². The molecular weight excluding hydrogens is 188 g/mol. The first-order valence-electron chi connectivity index (χ1n) is 6.18. The Morgan fingerprint density at radius 3 is 2.60 bits per heavy atom. The fourth-order valence-corrected chi connectivity index (χ4v) is 1.94. The molecule has 15 heavy (non-hydrogen) atoms. The van der Waals surface area contributed by atoms with Gasteiger partial charge in [0.25, 0.3) is 0 Å². The molecule has 1 aliphatic carbocycles. The molecule has 1 amide bonds. The molecule has 0 aromatic carbocycles. The summed E-state index contributed by atoms with van der Waals surface area (Å²) in [6.07, 6.45) is 6.00. The van der Waals surface area contributed by atoms with E-state index in [1.54, 1.807) is 0 Å². The van der Waals surface area contributed by atoms with Gasteiger partial charge in [0.15, 0.2) is 0 Å². The molecule has 1 rings (SSSR count). The molecule has 0 bridgehead atoms. The Kier molecular flexibility index (Phi) is 5.69. The lowest BCUT2D eigenvalue weighted by molar-refractivity contribution is -0.120. The quantitative estimate of drug-likeness (QED) is 0.658. The van der Waals surface area contributed by atoms with Crippen LogP contribution >= 0.6 is 0 Å². The molecule has 2 N–H and O–H groups in total. The lowest BCUT2D eigenvalue weighted by atomic mass is 10.1. The number of carbonyl (C=O) groups is 1. The highest BCUT2D eigenvalue weighted by atomic mass is 16.1. The third-order valence-corrected chi connectivity index (χ3v) is 2.90. The number of carbonyl (C=O) groups excluding carboxylic acids is 1. The molecule has 88 valence electrons. The fourth-order valence-electron chi connectivity index (χ4n) is 1.94. The summed E-state index contributed by atoms with van der Waals surface area (Å²) in [5.41, 5.74) is 0. The summed E-state index contributed by atoms with van der Waals surface area (Å²) in [6.45, 7) is 5.81. The molecule has 0 spiro atoms. The first kappa shape index (κ1) is 12.5. The zero-order chi connectivity index (χ0) is 11.1.